The Bertz CT molecular complexity index is 354. The van der Waals surface area contributed by atoms with Crippen LogP contribution < -0.4 is 11.1 Å². The van der Waals surface area contributed by atoms with Crippen LogP contribution in [-0.4, -0.2) is 26.5 Å². The number of ether oxygens (including phenoxy) is 1. The van der Waals surface area contributed by atoms with Crippen LogP contribution in [0.15, 0.2) is 40.8 Å². The van der Waals surface area contributed by atoms with E-state index in [0.717, 1.165) is 25.2 Å². The average Bonchev–Trinajstić information content (AvgIpc) is 2.44. The van der Waals surface area contributed by atoms with E-state index in [2.05, 4.69) is 17.2 Å². The Hall–Kier alpha value is -1.71. The Morgan fingerprint density at radius 3 is 2.68 bits per heavy atom. The predicted molar refractivity (Wildman–Crippen MR) is 83.1 cm³/mol. The first-order valence-corrected chi connectivity index (χ1v) is 6.73. The molecule has 0 bridgehead atoms. The highest BCUT2D eigenvalue weighted by Gasteiger charge is 1.97. The van der Waals surface area contributed by atoms with Gasteiger partial charge in [-0.3, -0.25) is 4.99 Å². The molecule has 0 aliphatic rings. The van der Waals surface area contributed by atoms with Crippen molar-refractivity contribution in [3.05, 3.63) is 35.8 Å². The van der Waals surface area contributed by atoms with Gasteiger partial charge in [-0.05, 0) is 31.9 Å². The van der Waals surface area contributed by atoms with Gasteiger partial charge in [0, 0.05) is 13.6 Å². The standard InChI is InChI=1S/C15H27N3O/c1-5-7-12-18-15(17-3)11-9-8-10-14(19-4)13(16)6-2/h6,9-11H,5,7-8,12,16H2,1-4H3,(H,17,18)/b11-9+,13-6+,14-10+. The quantitative estimate of drug-likeness (QED) is 0.233. The van der Waals surface area contributed by atoms with Crippen LogP contribution in [0, 0.1) is 0 Å². The van der Waals surface area contributed by atoms with Crippen molar-refractivity contribution in [2.45, 2.75) is 33.1 Å². The van der Waals surface area contributed by atoms with E-state index in [1.165, 1.54) is 6.42 Å². The van der Waals surface area contributed by atoms with Crippen molar-refractivity contribution >= 4 is 5.84 Å². The molecule has 0 amide bonds. The zero-order valence-corrected chi connectivity index (χ0v) is 12.6. The minimum Gasteiger partial charge on any atom is -0.495 e. The summed E-state index contributed by atoms with van der Waals surface area (Å²) in [6.07, 6.45) is 10.9. The van der Waals surface area contributed by atoms with Gasteiger partial charge in [0.05, 0.1) is 12.8 Å². The predicted octanol–water partition coefficient (Wildman–Crippen LogP) is 2.74. The summed E-state index contributed by atoms with van der Waals surface area (Å²) in [6, 6.07) is 0. The van der Waals surface area contributed by atoms with Crippen molar-refractivity contribution in [2.24, 2.45) is 10.7 Å². The first-order valence-electron chi connectivity index (χ1n) is 6.73. The van der Waals surface area contributed by atoms with E-state index in [9.17, 15) is 0 Å². The van der Waals surface area contributed by atoms with Gasteiger partial charge in [0.25, 0.3) is 0 Å². The number of unbranched alkanes of at least 4 members (excludes halogenated alkanes) is 1. The highest BCUT2D eigenvalue weighted by Crippen LogP contribution is 2.06. The van der Waals surface area contributed by atoms with Gasteiger partial charge in [-0.2, -0.15) is 0 Å². The molecule has 0 aromatic heterocycles. The molecule has 0 aliphatic heterocycles. The van der Waals surface area contributed by atoms with Gasteiger partial charge in [-0.1, -0.05) is 25.5 Å². The van der Waals surface area contributed by atoms with Crippen molar-refractivity contribution < 1.29 is 4.74 Å². The molecule has 0 heterocycles. The number of methoxy groups -OCH3 is 1. The van der Waals surface area contributed by atoms with Gasteiger partial charge in [0.1, 0.15) is 11.6 Å². The lowest BCUT2D eigenvalue weighted by molar-refractivity contribution is 0.298. The third-order valence-corrected chi connectivity index (χ3v) is 2.61. The van der Waals surface area contributed by atoms with Crippen LogP contribution in [0.4, 0.5) is 0 Å². The Balaban J connectivity index is 4.29. The third-order valence-electron chi connectivity index (χ3n) is 2.61. The first kappa shape index (κ1) is 17.3. The van der Waals surface area contributed by atoms with Gasteiger partial charge in [-0.25, -0.2) is 0 Å². The molecule has 19 heavy (non-hydrogen) atoms. The number of hydrogen-bond donors (Lipinski definition) is 2. The topological polar surface area (TPSA) is 59.6 Å². The van der Waals surface area contributed by atoms with Crippen LogP contribution >= 0.6 is 0 Å². The third kappa shape index (κ3) is 8.08. The van der Waals surface area contributed by atoms with Crippen molar-refractivity contribution in [2.75, 3.05) is 20.7 Å². The van der Waals surface area contributed by atoms with Gasteiger partial charge in [0.2, 0.25) is 0 Å². The highest BCUT2D eigenvalue weighted by atomic mass is 16.5. The minimum absolute atomic E-state index is 0.654. The maximum Gasteiger partial charge on any atom is 0.137 e. The van der Waals surface area contributed by atoms with E-state index in [-0.39, 0.29) is 0 Å². The fraction of sp³-hybridized carbons (Fsp3) is 0.533. The smallest absolute Gasteiger partial charge is 0.137 e. The molecule has 0 rings (SSSR count). The fourth-order valence-corrected chi connectivity index (χ4v) is 1.42. The molecule has 0 aliphatic carbocycles. The molecule has 0 atom stereocenters. The Labute approximate surface area is 117 Å². The first-order chi connectivity index (χ1) is 9.19. The molecule has 4 heteroatoms. The molecule has 3 N–H and O–H groups in total. The Morgan fingerprint density at radius 2 is 2.16 bits per heavy atom. The summed E-state index contributed by atoms with van der Waals surface area (Å²) >= 11 is 0. The number of nitrogens with one attached hydrogen (secondary N) is 1. The maximum atomic E-state index is 5.78. The number of nitrogens with zero attached hydrogens (tertiary/aromatic N) is 1. The minimum atomic E-state index is 0.654. The number of rotatable bonds is 8. The van der Waals surface area contributed by atoms with E-state index < -0.39 is 0 Å². The number of amidine groups is 1. The molecule has 0 aromatic rings. The number of allylic oxidation sites excluding steroid dienone is 3. The van der Waals surface area contributed by atoms with Crippen LogP contribution in [0.5, 0.6) is 0 Å². The summed E-state index contributed by atoms with van der Waals surface area (Å²) in [5, 5.41) is 3.28. The molecule has 0 unspecified atom stereocenters. The molecule has 108 valence electrons. The number of hydrogen-bond acceptors (Lipinski definition) is 3. The zero-order valence-electron chi connectivity index (χ0n) is 12.6. The summed E-state index contributed by atoms with van der Waals surface area (Å²) in [5.74, 6) is 1.61. The van der Waals surface area contributed by atoms with Crippen LogP contribution in [0.25, 0.3) is 0 Å². The molecular formula is C15H27N3O. The zero-order chi connectivity index (χ0) is 14.5. The van der Waals surface area contributed by atoms with Crippen LogP contribution in [-0.2, 0) is 4.74 Å². The lowest BCUT2D eigenvalue weighted by Crippen LogP contribution is -2.22. The van der Waals surface area contributed by atoms with E-state index in [4.69, 9.17) is 10.5 Å². The fourth-order valence-electron chi connectivity index (χ4n) is 1.42. The largest absolute Gasteiger partial charge is 0.495 e. The lowest BCUT2D eigenvalue weighted by Gasteiger charge is -2.05. The van der Waals surface area contributed by atoms with Gasteiger partial charge < -0.3 is 15.8 Å². The van der Waals surface area contributed by atoms with Gasteiger partial charge in [0.15, 0.2) is 0 Å². The summed E-state index contributed by atoms with van der Waals surface area (Å²) in [6.45, 7) is 5.01. The Kier molecular flexibility index (Phi) is 10.4. The van der Waals surface area contributed by atoms with Crippen molar-refractivity contribution in [3.63, 3.8) is 0 Å². The second kappa shape index (κ2) is 11.4. The van der Waals surface area contributed by atoms with Crippen molar-refractivity contribution in [1.29, 1.82) is 0 Å². The summed E-state index contributed by atoms with van der Waals surface area (Å²) in [5.41, 5.74) is 6.44. The number of nitrogens with two attached hydrogens (primary N) is 1. The molecular weight excluding hydrogens is 238 g/mol. The van der Waals surface area contributed by atoms with Crippen molar-refractivity contribution in [1.82, 2.24) is 5.32 Å². The van der Waals surface area contributed by atoms with E-state index in [0.29, 0.717) is 11.5 Å². The van der Waals surface area contributed by atoms with E-state index in [1.54, 1.807) is 14.2 Å². The maximum absolute atomic E-state index is 5.78. The van der Waals surface area contributed by atoms with Crippen LogP contribution in [0.2, 0.25) is 0 Å². The summed E-state index contributed by atoms with van der Waals surface area (Å²) < 4.78 is 5.20. The van der Waals surface area contributed by atoms with E-state index >= 15 is 0 Å². The highest BCUT2D eigenvalue weighted by molar-refractivity contribution is 5.92. The molecule has 0 spiro atoms. The molecule has 0 aromatic carbocycles. The molecule has 0 saturated carbocycles. The second-order valence-corrected chi connectivity index (χ2v) is 4.04. The lowest BCUT2D eigenvalue weighted by atomic mass is 10.2. The Morgan fingerprint density at radius 1 is 1.42 bits per heavy atom. The van der Waals surface area contributed by atoms with E-state index in [1.807, 2.05) is 31.2 Å². The molecule has 0 radical (unpaired) electrons. The molecule has 0 fully saturated rings. The monoisotopic (exact) mass is 265 g/mol. The van der Waals surface area contributed by atoms with Crippen molar-refractivity contribution in [3.8, 4) is 0 Å². The summed E-state index contributed by atoms with van der Waals surface area (Å²) in [7, 11) is 3.41. The normalized spacial score (nSPS) is 14.0. The van der Waals surface area contributed by atoms with Gasteiger partial charge >= 0.3 is 0 Å². The SMILES string of the molecule is C/C=C(N)\C(=C/C/C=C/C(=NC)NCCCC)OC. The second-order valence-electron chi connectivity index (χ2n) is 4.04. The van der Waals surface area contributed by atoms with Gasteiger partial charge in [-0.15, -0.1) is 0 Å². The average molecular weight is 265 g/mol. The van der Waals surface area contributed by atoms with Crippen LogP contribution in [0.1, 0.15) is 33.1 Å². The number of aliphatic imine (C=N–C) groups is 1. The van der Waals surface area contributed by atoms with Crippen LogP contribution in [0.3, 0.4) is 0 Å². The molecule has 4 nitrogen and oxygen atoms in total. The summed E-state index contributed by atoms with van der Waals surface area (Å²) in [4.78, 5) is 4.18. The molecule has 0 saturated heterocycles.